The van der Waals surface area contributed by atoms with E-state index in [1.54, 1.807) is 74.6 Å². The number of fused-ring (bicyclic) bond motifs is 1. The summed E-state index contributed by atoms with van der Waals surface area (Å²) in [6, 6.07) is 3.06. The van der Waals surface area contributed by atoms with E-state index in [0.717, 1.165) is 0 Å². The molecule has 2 aromatic heterocycles. The third-order valence-corrected chi connectivity index (χ3v) is 17.0. The summed E-state index contributed by atoms with van der Waals surface area (Å²) in [4.78, 5) is 189. The van der Waals surface area contributed by atoms with Gasteiger partial charge in [-0.05, 0) is 79.8 Å². The van der Waals surface area contributed by atoms with Crippen LogP contribution in [0.2, 0.25) is 0 Å². The molecule has 0 saturated carbocycles. The number of imidazole rings is 1. The largest absolute Gasteiger partial charge is 0.508 e. The number of para-hydroxylation sites is 1. The number of nitrogens with two attached hydrogens (primary N) is 2. The van der Waals surface area contributed by atoms with E-state index in [1.807, 2.05) is 13.8 Å². The van der Waals surface area contributed by atoms with Crippen molar-refractivity contribution in [1.29, 1.82) is 0 Å². The summed E-state index contributed by atoms with van der Waals surface area (Å²) in [7, 11) is 0. The quantitative estimate of drug-likeness (QED) is 0.0176. The van der Waals surface area contributed by atoms with Crippen molar-refractivity contribution in [3.63, 3.8) is 0 Å². The van der Waals surface area contributed by atoms with Crippen LogP contribution in [-0.2, 0) is 88.0 Å². The van der Waals surface area contributed by atoms with E-state index in [4.69, 9.17) is 11.5 Å². The normalized spacial score (nSPS) is 15.1. The molecule has 0 radical (unpaired) electrons. The van der Waals surface area contributed by atoms with Gasteiger partial charge in [0.25, 0.3) is 0 Å². The first-order chi connectivity index (χ1) is 48.8. The summed E-state index contributed by atoms with van der Waals surface area (Å²) in [5.41, 5.74) is 14.0. The molecule has 0 aliphatic carbocycles. The molecule has 33 nitrogen and oxygen atoms in total. The maximum atomic E-state index is 15.1. The molecular formula is C68H94N16O17S2. The van der Waals surface area contributed by atoms with Crippen LogP contribution in [0.5, 0.6) is 5.75 Å². The molecule has 0 fully saturated rings. The Bertz CT molecular complexity index is 3710. The second kappa shape index (κ2) is 41.1. The number of aliphatic hydroxyl groups is 2. The van der Waals surface area contributed by atoms with E-state index >= 15 is 4.79 Å². The summed E-state index contributed by atoms with van der Waals surface area (Å²) in [6.45, 7) is 8.67. The molecule has 0 spiro atoms. The predicted molar refractivity (Wildman–Crippen MR) is 383 cm³/mol. The second-order valence-electron chi connectivity index (χ2n) is 25.7. The van der Waals surface area contributed by atoms with E-state index in [-0.39, 0.29) is 67.6 Å². The van der Waals surface area contributed by atoms with Gasteiger partial charge in [0.05, 0.1) is 25.1 Å². The number of hydrogen-bond acceptors (Lipinski definition) is 20. The highest BCUT2D eigenvalue weighted by molar-refractivity contribution is 7.80. The number of nitrogens with zero attached hydrogens (tertiary/aromatic N) is 1. The van der Waals surface area contributed by atoms with E-state index in [0.29, 0.717) is 33.3 Å². The number of phenols is 1. The number of hydrogen-bond donors (Lipinski definition) is 21. The molecule has 5 rings (SSSR count). The van der Waals surface area contributed by atoms with Crippen LogP contribution < -0.4 is 70.0 Å². The minimum atomic E-state index is -1.71. The highest BCUT2D eigenvalue weighted by Crippen LogP contribution is 2.21. The Hall–Kier alpha value is -10.1. The first-order valence-electron chi connectivity index (χ1n) is 33.3. The number of thiol groups is 2. The number of carbonyl (C=O) groups excluding carboxylic acids is 12. The van der Waals surface area contributed by atoms with Crippen LogP contribution in [-0.4, -0.2) is 209 Å². The van der Waals surface area contributed by atoms with Gasteiger partial charge in [0.15, 0.2) is 0 Å². The molecular weight excluding hydrogens is 1380 g/mol. The van der Waals surface area contributed by atoms with Crippen LogP contribution >= 0.6 is 25.3 Å². The Labute approximate surface area is 605 Å². The van der Waals surface area contributed by atoms with Gasteiger partial charge >= 0.3 is 5.97 Å². The molecule has 0 saturated heterocycles. The van der Waals surface area contributed by atoms with Crippen molar-refractivity contribution in [3.05, 3.63) is 120 Å². The topological polar surface area (TPSA) is 532 Å². The van der Waals surface area contributed by atoms with Crippen molar-refractivity contribution in [2.24, 2.45) is 23.3 Å². The van der Waals surface area contributed by atoms with Gasteiger partial charge in [-0.25, -0.2) is 9.78 Å². The van der Waals surface area contributed by atoms with Crippen LogP contribution in [0.15, 0.2) is 97.6 Å². The SMILES string of the molecule is CC(C)C[C@H](NC(=O)[C@H](CCC(N)=O)NC(=O)[C@H](C)NC(=O)[C@H](Cc1c[nH]c2ccccc12)NC(=O)[C@H](Cc1ccc(O)cc1)NC(=O)[C@H](Cc1cnc[nH]1)NC(=O)[C@@H](CS)NC(=O)[C@H](Cc1ccccc1)NC(=O)[C@@H](NC(=O)[C@@H](N)CC(C)C)[C@@H](C)O)C(=O)N[C@@H](CS)C(=O)N[C@@H](CO)C(=O)O. The average Bonchev–Trinajstić information content (AvgIpc) is 1.73. The van der Waals surface area contributed by atoms with E-state index < -0.39 is 175 Å². The van der Waals surface area contributed by atoms with Gasteiger partial charge in [-0.3, -0.25) is 57.5 Å². The average molecular weight is 1470 g/mol. The molecule has 103 heavy (non-hydrogen) atoms. The summed E-state index contributed by atoms with van der Waals surface area (Å²) in [6.07, 6.45) is 1.13. The van der Waals surface area contributed by atoms with E-state index in [9.17, 15) is 78.0 Å². The number of primary amides is 1. The number of carboxylic acid groups (broad SMARTS) is 1. The number of aromatic amines is 2. The minimum absolute atomic E-state index is 0.0166. The first kappa shape index (κ1) is 83.6. The number of aliphatic hydroxyl groups excluding tert-OH is 2. The number of phenolic OH excluding ortho intramolecular Hbond substituents is 1. The number of aliphatic carboxylic acids is 1. The standard InChI is InChI=1S/C68H94N16O17S2/c1-34(2)22-44(69)58(90)84-56(37(6)86)67(99)80-49(24-38-12-8-7-9-13-38)63(95)83-53(31-102)65(97)79-51(27-41-29-71-33-73-41)64(96)77-48(25-39-16-18-42(87)19-17-39)62(94)78-50(26-40-28-72-45-15-11-10-14-43(40)45)60(92)74-36(5)57(89)75-46(20-21-55(70)88)59(91)76-47(23-35(3)4)61(93)82-54(32-103)66(98)81-52(30-85)68(100)101/h7-19,28-29,33-37,44,46-54,56,72,85-87,102-103H,20-27,30-32,69H2,1-6H3,(H2,70,88)(H,71,73)(H,74,92)(H,75,89)(H,76,91)(H,77,96)(H,78,94)(H,79,97)(H,80,99)(H,81,98)(H,82,93)(H,83,95)(H,84,90)(H,100,101)/t36-,37+,44-,46-,47-,48-,49-,50-,51-,52-,53+,54-,56-/m0/s1. The predicted octanol–water partition coefficient (Wildman–Crippen LogP) is -2.78. The summed E-state index contributed by atoms with van der Waals surface area (Å²) >= 11 is 8.47. The van der Waals surface area contributed by atoms with Gasteiger partial charge < -0.3 is 100 Å². The lowest BCUT2D eigenvalue weighted by atomic mass is 10.0. The van der Waals surface area contributed by atoms with Crippen LogP contribution in [0, 0.1) is 11.8 Å². The van der Waals surface area contributed by atoms with Gasteiger partial charge in [0, 0.05) is 72.6 Å². The molecule has 5 aromatic rings. The number of nitrogens with one attached hydrogen (secondary N) is 13. The fourth-order valence-corrected chi connectivity index (χ4v) is 11.2. The van der Waals surface area contributed by atoms with Crippen LogP contribution in [0.1, 0.15) is 89.6 Å². The van der Waals surface area contributed by atoms with Crippen molar-refractivity contribution < 1.29 is 82.8 Å². The fraction of sp³-hybridized carbons (Fsp3) is 0.471. The second-order valence-corrected chi connectivity index (χ2v) is 26.4. The van der Waals surface area contributed by atoms with Crippen LogP contribution in [0.4, 0.5) is 0 Å². The number of benzene rings is 3. The monoisotopic (exact) mass is 1470 g/mol. The van der Waals surface area contributed by atoms with E-state index in [2.05, 4.69) is 98.7 Å². The van der Waals surface area contributed by atoms with Gasteiger partial charge in [-0.1, -0.05) is 88.4 Å². The van der Waals surface area contributed by atoms with Crippen molar-refractivity contribution in [2.45, 2.75) is 172 Å². The van der Waals surface area contributed by atoms with Gasteiger partial charge in [-0.15, -0.1) is 0 Å². The molecule has 0 aliphatic rings. The third kappa shape index (κ3) is 27.0. The highest BCUT2D eigenvalue weighted by atomic mass is 32.1. The van der Waals surface area contributed by atoms with Crippen LogP contribution in [0.3, 0.4) is 0 Å². The number of carboxylic acids is 1. The molecule has 3 aromatic carbocycles. The van der Waals surface area contributed by atoms with Crippen molar-refractivity contribution >= 4 is 113 Å². The number of rotatable bonds is 42. The minimum Gasteiger partial charge on any atom is -0.508 e. The van der Waals surface area contributed by atoms with Crippen molar-refractivity contribution in [2.75, 3.05) is 18.1 Å². The van der Waals surface area contributed by atoms with Crippen molar-refractivity contribution in [1.82, 2.24) is 73.4 Å². The maximum absolute atomic E-state index is 15.1. The first-order valence-corrected chi connectivity index (χ1v) is 34.5. The summed E-state index contributed by atoms with van der Waals surface area (Å²) < 4.78 is 0. The Morgan fingerprint density at radius 3 is 1.47 bits per heavy atom. The number of aromatic hydroxyl groups is 1. The zero-order chi connectivity index (χ0) is 76.2. The Morgan fingerprint density at radius 2 is 0.951 bits per heavy atom. The van der Waals surface area contributed by atoms with Gasteiger partial charge in [0.1, 0.15) is 72.2 Å². The lowest BCUT2D eigenvalue weighted by molar-refractivity contribution is -0.143. The molecule has 35 heteroatoms. The number of aromatic nitrogens is 3. The molecule has 0 bridgehead atoms. The van der Waals surface area contributed by atoms with Crippen molar-refractivity contribution in [3.8, 4) is 5.75 Å². The molecule has 2 heterocycles. The zero-order valence-corrected chi connectivity index (χ0v) is 59.6. The lowest BCUT2D eigenvalue weighted by Crippen LogP contribution is -2.62. The molecule has 21 N–H and O–H groups in total. The highest BCUT2D eigenvalue weighted by Gasteiger charge is 2.38. The summed E-state index contributed by atoms with van der Waals surface area (Å²) in [5.74, 6) is -14.0. The number of carbonyl (C=O) groups is 13. The number of amides is 12. The Morgan fingerprint density at radius 1 is 0.495 bits per heavy atom. The fourth-order valence-electron chi connectivity index (χ4n) is 10.6. The Kier molecular flexibility index (Phi) is 33.4. The van der Waals surface area contributed by atoms with E-state index in [1.165, 1.54) is 50.6 Å². The maximum Gasteiger partial charge on any atom is 0.328 e. The zero-order valence-electron chi connectivity index (χ0n) is 57.8. The van der Waals surface area contributed by atoms with Gasteiger partial charge in [-0.2, -0.15) is 25.3 Å². The van der Waals surface area contributed by atoms with Gasteiger partial charge in [0.2, 0.25) is 70.9 Å². The van der Waals surface area contributed by atoms with Crippen LogP contribution in [0.25, 0.3) is 10.9 Å². The third-order valence-electron chi connectivity index (χ3n) is 16.2. The molecule has 0 aliphatic heterocycles. The molecule has 12 amide bonds. The lowest BCUT2D eigenvalue weighted by Gasteiger charge is -2.28. The smallest absolute Gasteiger partial charge is 0.328 e. The molecule has 0 unspecified atom stereocenters. The molecule has 560 valence electrons. The summed E-state index contributed by atoms with van der Waals surface area (Å²) in [5, 5.41) is 68.1. The number of H-pyrrole nitrogens is 2. The Balaban J connectivity index is 1.42. The molecule has 13 atom stereocenters.